The molecule has 0 saturated heterocycles. The second-order valence-corrected chi connectivity index (χ2v) is 4.66. The van der Waals surface area contributed by atoms with Gasteiger partial charge in [0.05, 0.1) is 0 Å². The SMILES string of the molecule is CC(=O)Oc1ccc2c(-c3ccccc3)c([N+](=O)[O-])oc2c1. The summed E-state index contributed by atoms with van der Waals surface area (Å²) in [6.45, 7) is 1.28. The fourth-order valence-electron chi connectivity index (χ4n) is 2.31. The molecule has 0 bridgehead atoms. The lowest BCUT2D eigenvalue weighted by Crippen LogP contribution is -2.00. The molecule has 3 aromatic rings. The summed E-state index contributed by atoms with van der Waals surface area (Å²) < 4.78 is 10.3. The molecule has 0 radical (unpaired) electrons. The molecule has 6 nitrogen and oxygen atoms in total. The molecule has 0 unspecified atom stereocenters. The molecule has 0 spiro atoms. The number of esters is 1. The van der Waals surface area contributed by atoms with E-state index in [-0.39, 0.29) is 11.6 Å². The van der Waals surface area contributed by atoms with Gasteiger partial charge in [-0.3, -0.25) is 14.9 Å². The van der Waals surface area contributed by atoms with Crippen molar-refractivity contribution in [1.82, 2.24) is 0 Å². The van der Waals surface area contributed by atoms with Gasteiger partial charge in [0, 0.05) is 18.4 Å². The van der Waals surface area contributed by atoms with Crippen molar-refractivity contribution >= 4 is 22.8 Å². The van der Waals surface area contributed by atoms with Crippen molar-refractivity contribution in [1.29, 1.82) is 0 Å². The average molecular weight is 297 g/mol. The number of furan rings is 1. The summed E-state index contributed by atoms with van der Waals surface area (Å²) in [4.78, 5) is 21.7. The first-order chi connectivity index (χ1) is 10.6. The molecule has 0 aliphatic rings. The third kappa shape index (κ3) is 2.42. The minimum Gasteiger partial charge on any atom is -0.427 e. The first-order valence-electron chi connectivity index (χ1n) is 6.51. The zero-order chi connectivity index (χ0) is 15.7. The van der Waals surface area contributed by atoms with E-state index in [2.05, 4.69) is 0 Å². The van der Waals surface area contributed by atoms with Crippen LogP contribution in [0.25, 0.3) is 22.1 Å². The number of ether oxygens (including phenoxy) is 1. The highest BCUT2D eigenvalue weighted by Crippen LogP contribution is 2.40. The van der Waals surface area contributed by atoms with Crippen LogP contribution in [0.15, 0.2) is 52.9 Å². The average Bonchev–Trinajstić information content (AvgIpc) is 2.86. The number of hydrogen-bond donors (Lipinski definition) is 0. The van der Waals surface area contributed by atoms with E-state index in [1.807, 2.05) is 6.07 Å². The molecule has 0 aliphatic heterocycles. The van der Waals surface area contributed by atoms with E-state index >= 15 is 0 Å². The Balaban J connectivity index is 2.23. The Morgan fingerprint density at radius 2 is 1.91 bits per heavy atom. The van der Waals surface area contributed by atoms with Crippen molar-refractivity contribution in [3.05, 3.63) is 58.6 Å². The van der Waals surface area contributed by atoms with Gasteiger partial charge in [-0.05, 0) is 17.7 Å². The van der Waals surface area contributed by atoms with Crippen molar-refractivity contribution in [2.45, 2.75) is 6.92 Å². The van der Waals surface area contributed by atoms with Gasteiger partial charge in [-0.15, -0.1) is 0 Å². The van der Waals surface area contributed by atoms with Crippen LogP contribution in [-0.4, -0.2) is 10.9 Å². The van der Waals surface area contributed by atoms with Crippen LogP contribution in [0.3, 0.4) is 0 Å². The van der Waals surface area contributed by atoms with Crippen molar-refractivity contribution in [2.24, 2.45) is 0 Å². The minimum atomic E-state index is -0.562. The summed E-state index contributed by atoms with van der Waals surface area (Å²) in [5.41, 5.74) is 1.40. The zero-order valence-corrected chi connectivity index (χ0v) is 11.6. The normalized spacial score (nSPS) is 10.6. The molecule has 3 rings (SSSR count). The standard InChI is InChI=1S/C16H11NO5/c1-10(18)21-12-7-8-13-14(9-12)22-16(17(19)20)15(13)11-5-3-2-4-6-11/h2-9H,1H3. The van der Waals surface area contributed by atoms with Crippen molar-refractivity contribution in [3.8, 4) is 16.9 Å². The van der Waals surface area contributed by atoms with Crippen LogP contribution in [0, 0.1) is 10.1 Å². The maximum absolute atomic E-state index is 11.3. The monoisotopic (exact) mass is 297 g/mol. The second kappa shape index (κ2) is 5.33. The number of carbonyl (C=O) groups is 1. The Labute approximate surface area is 125 Å². The summed E-state index contributed by atoms with van der Waals surface area (Å²) >= 11 is 0. The van der Waals surface area contributed by atoms with E-state index in [1.54, 1.807) is 36.4 Å². The highest BCUT2D eigenvalue weighted by Gasteiger charge is 2.25. The molecule has 110 valence electrons. The zero-order valence-electron chi connectivity index (χ0n) is 11.6. The molecule has 1 heterocycles. The maximum atomic E-state index is 11.3. The number of fused-ring (bicyclic) bond motifs is 1. The third-order valence-corrected chi connectivity index (χ3v) is 3.13. The van der Waals surface area contributed by atoms with Crippen molar-refractivity contribution in [2.75, 3.05) is 0 Å². The van der Waals surface area contributed by atoms with Crippen LogP contribution < -0.4 is 4.74 Å². The minimum absolute atomic E-state index is 0.281. The summed E-state index contributed by atoms with van der Waals surface area (Å²) in [5, 5.41) is 11.8. The van der Waals surface area contributed by atoms with Crippen LogP contribution in [-0.2, 0) is 4.79 Å². The number of carbonyl (C=O) groups excluding carboxylic acids is 1. The third-order valence-electron chi connectivity index (χ3n) is 3.13. The lowest BCUT2D eigenvalue weighted by Gasteiger charge is -2.00. The molecule has 1 aromatic heterocycles. The van der Waals surface area contributed by atoms with Crippen molar-refractivity contribution in [3.63, 3.8) is 0 Å². The Kier molecular flexibility index (Phi) is 3.34. The Hall–Kier alpha value is -3.15. The predicted molar refractivity (Wildman–Crippen MR) is 79.6 cm³/mol. The number of hydrogen-bond acceptors (Lipinski definition) is 5. The summed E-state index contributed by atoms with van der Waals surface area (Å²) in [6, 6.07) is 13.7. The van der Waals surface area contributed by atoms with Gasteiger partial charge in [0.2, 0.25) is 0 Å². The largest absolute Gasteiger partial charge is 0.442 e. The maximum Gasteiger partial charge on any atom is 0.442 e. The Bertz CT molecular complexity index is 867. The summed E-state index contributed by atoms with van der Waals surface area (Å²) in [5.74, 6) is -0.520. The van der Waals surface area contributed by atoms with E-state index in [9.17, 15) is 14.9 Å². The van der Waals surface area contributed by atoms with Crippen LogP contribution in [0.1, 0.15) is 6.92 Å². The van der Waals surface area contributed by atoms with Crippen molar-refractivity contribution < 1.29 is 18.9 Å². The molecule has 0 N–H and O–H groups in total. The smallest absolute Gasteiger partial charge is 0.427 e. The Morgan fingerprint density at radius 3 is 2.55 bits per heavy atom. The molecule has 2 aromatic carbocycles. The van der Waals surface area contributed by atoms with Gasteiger partial charge in [0.15, 0.2) is 0 Å². The molecule has 0 saturated carbocycles. The van der Waals surface area contributed by atoms with E-state index < -0.39 is 10.9 Å². The van der Waals surface area contributed by atoms with E-state index in [0.29, 0.717) is 22.1 Å². The van der Waals surface area contributed by atoms with Gasteiger partial charge < -0.3 is 9.15 Å². The van der Waals surface area contributed by atoms with Gasteiger partial charge in [-0.2, -0.15) is 0 Å². The summed E-state index contributed by atoms with van der Waals surface area (Å²) in [6.07, 6.45) is 0. The molecule has 6 heteroatoms. The van der Waals surface area contributed by atoms with Crippen LogP contribution in [0.5, 0.6) is 5.75 Å². The van der Waals surface area contributed by atoms with Gasteiger partial charge >= 0.3 is 11.9 Å². The molecule has 0 aliphatic carbocycles. The molecule has 0 atom stereocenters. The predicted octanol–water partition coefficient (Wildman–Crippen LogP) is 3.93. The molecular weight excluding hydrogens is 286 g/mol. The molecule has 0 fully saturated rings. The highest BCUT2D eigenvalue weighted by atomic mass is 16.6. The van der Waals surface area contributed by atoms with E-state index in [1.165, 1.54) is 13.0 Å². The van der Waals surface area contributed by atoms with Crippen LogP contribution >= 0.6 is 0 Å². The molecule has 22 heavy (non-hydrogen) atoms. The molecular formula is C16H11NO5. The number of rotatable bonds is 3. The fraction of sp³-hybridized carbons (Fsp3) is 0.0625. The quantitative estimate of drug-likeness (QED) is 0.316. The number of benzene rings is 2. The molecule has 0 amide bonds. The lowest BCUT2D eigenvalue weighted by atomic mass is 10.0. The lowest BCUT2D eigenvalue weighted by molar-refractivity contribution is -0.400. The number of nitrogens with zero attached hydrogens (tertiary/aromatic N) is 1. The fourth-order valence-corrected chi connectivity index (χ4v) is 2.31. The van der Waals surface area contributed by atoms with Gasteiger partial charge in [0.25, 0.3) is 0 Å². The first kappa shape index (κ1) is 13.8. The van der Waals surface area contributed by atoms with Crippen LogP contribution in [0.2, 0.25) is 0 Å². The summed E-state index contributed by atoms with van der Waals surface area (Å²) in [7, 11) is 0. The van der Waals surface area contributed by atoms with E-state index in [4.69, 9.17) is 9.15 Å². The van der Waals surface area contributed by atoms with Gasteiger partial charge in [-0.1, -0.05) is 30.3 Å². The van der Waals surface area contributed by atoms with Gasteiger partial charge in [0.1, 0.15) is 21.8 Å². The Morgan fingerprint density at radius 1 is 1.18 bits per heavy atom. The number of nitro groups is 1. The highest BCUT2D eigenvalue weighted by molar-refractivity contribution is 5.99. The first-order valence-corrected chi connectivity index (χ1v) is 6.51. The second-order valence-electron chi connectivity index (χ2n) is 4.66. The van der Waals surface area contributed by atoms with Gasteiger partial charge in [-0.25, -0.2) is 0 Å². The van der Waals surface area contributed by atoms with E-state index in [0.717, 1.165) is 0 Å². The van der Waals surface area contributed by atoms with Crippen LogP contribution in [0.4, 0.5) is 5.88 Å². The topological polar surface area (TPSA) is 82.6 Å².